The zero-order chi connectivity index (χ0) is 23.8. The second kappa shape index (κ2) is 7.28. The normalized spacial score (nSPS) is 27.6. The van der Waals surface area contributed by atoms with E-state index in [1.54, 1.807) is 0 Å². The molecule has 3 fully saturated rings. The maximum absolute atomic E-state index is 15.9. The molecule has 0 radical (unpaired) electrons. The number of aromatic carboxylic acids is 1. The first-order chi connectivity index (χ1) is 15.6. The predicted molar refractivity (Wildman–Crippen MR) is 117 cm³/mol. The average molecular weight is 466 g/mol. The molecule has 4 unspecified atom stereocenters. The van der Waals surface area contributed by atoms with E-state index in [0.717, 1.165) is 6.20 Å². The maximum atomic E-state index is 15.9. The van der Waals surface area contributed by atoms with Crippen LogP contribution in [-0.4, -0.2) is 60.8 Å². The first-order valence-electron chi connectivity index (χ1n) is 10.8. The summed E-state index contributed by atoms with van der Waals surface area (Å²) in [7, 11) is 2.67. The Balaban J connectivity index is 1.80. The summed E-state index contributed by atoms with van der Waals surface area (Å²) < 4.78 is 51.8. The second-order valence-electron chi connectivity index (χ2n) is 9.21. The highest BCUT2D eigenvalue weighted by Gasteiger charge is 2.53. The highest BCUT2D eigenvalue weighted by molar-refractivity contribution is 6.04. The molecule has 2 aliphatic carbocycles. The van der Waals surface area contributed by atoms with Crippen molar-refractivity contribution in [2.45, 2.75) is 43.2 Å². The van der Waals surface area contributed by atoms with Crippen LogP contribution >= 0.6 is 0 Å². The first-order valence-corrected chi connectivity index (χ1v) is 10.8. The van der Waals surface area contributed by atoms with E-state index in [1.807, 2.05) is 0 Å². The van der Waals surface area contributed by atoms with Crippen molar-refractivity contribution >= 4 is 28.2 Å². The number of anilines is 2. The van der Waals surface area contributed by atoms with Gasteiger partial charge in [0, 0.05) is 44.2 Å². The van der Waals surface area contributed by atoms with E-state index in [0.29, 0.717) is 12.8 Å². The van der Waals surface area contributed by atoms with E-state index >= 15 is 4.39 Å². The molecule has 0 amide bonds. The van der Waals surface area contributed by atoms with Gasteiger partial charge in [-0.25, -0.2) is 18.0 Å². The minimum atomic E-state index is -1.50. The van der Waals surface area contributed by atoms with Crippen LogP contribution in [0.5, 0.6) is 5.75 Å². The van der Waals surface area contributed by atoms with Crippen LogP contribution in [0.3, 0.4) is 0 Å². The van der Waals surface area contributed by atoms with E-state index in [4.69, 9.17) is 10.5 Å². The topological polar surface area (TPSA) is 110 Å². The third-order valence-corrected chi connectivity index (χ3v) is 7.20. The Bertz CT molecular complexity index is 1230. The molecule has 4 N–H and O–H groups in total. The van der Waals surface area contributed by atoms with Gasteiger partial charge < -0.3 is 30.4 Å². The summed E-state index contributed by atoms with van der Waals surface area (Å²) in [6.07, 6.45) is 0.0718. The van der Waals surface area contributed by atoms with Gasteiger partial charge in [0.15, 0.2) is 11.6 Å². The highest BCUT2D eigenvalue weighted by atomic mass is 19.1. The van der Waals surface area contributed by atoms with Crippen LogP contribution < -0.4 is 26.1 Å². The SMILES string of the molecule is CNc1c(F)c(N2CC(F)C(C3(N)CC3)C2)c(OC)c2c1c(=O)c(C(=O)O)cn2C1CC1F. The van der Waals surface area contributed by atoms with E-state index in [-0.39, 0.29) is 47.5 Å². The molecular weight excluding hydrogens is 441 g/mol. The van der Waals surface area contributed by atoms with Crippen LogP contribution in [0.15, 0.2) is 11.0 Å². The van der Waals surface area contributed by atoms with Gasteiger partial charge in [-0.2, -0.15) is 0 Å². The van der Waals surface area contributed by atoms with Crippen LogP contribution in [-0.2, 0) is 0 Å². The number of hydrogen-bond donors (Lipinski definition) is 3. The summed E-state index contributed by atoms with van der Waals surface area (Å²) in [5.41, 5.74) is 3.88. The maximum Gasteiger partial charge on any atom is 0.341 e. The molecule has 1 aromatic carbocycles. The number of fused-ring (bicyclic) bond motifs is 1. The Morgan fingerprint density at radius 1 is 1.30 bits per heavy atom. The molecule has 1 aromatic heterocycles. The smallest absolute Gasteiger partial charge is 0.341 e. The minimum absolute atomic E-state index is 0.0592. The standard InChI is InChI=1S/C22H25F3N4O4/c1-27-16-14-17(29(13-5-11(13)23)6-9(19(14)30)21(31)32)20(33-2)18(15(16)25)28-7-10(12(24)8-28)22(26)3-4-22/h6,10-13,27H,3-5,7-8,26H2,1-2H3,(H,31,32). The van der Waals surface area contributed by atoms with Crippen molar-refractivity contribution in [3.8, 4) is 5.75 Å². The predicted octanol–water partition coefficient (Wildman–Crippen LogP) is 2.44. The molecule has 2 aromatic rings. The zero-order valence-electron chi connectivity index (χ0n) is 18.2. The Labute approximate surface area is 187 Å². The van der Waals surface area contributed by atoms with Crippen molar-refractivity contribution in [3.05, 3.63) is 27.8 Å². The van der Waals surface area contributed by atoms with Gasteiger partial charge in [0.2, 0.25) is 5.43 Å². The Hall–Kier alpha value is -2.95. The number of ether oxygens (including phenoxy) is 1. The van der Waals surface area contributed by atoms with E-state index in [9.17, 15) is 23.5 Å². The number of nitrogens with two attached hydrogens (primary N) is 1. The Morgan fingerprint density at radius 2 is 1.97 bits per heavy atom. The molecular formula is C22H25F3N4O4. The summed E-state index contributed by atoms with van der Waals surface area (Å²) in [5.74, 6) is -2.91. The summed E-state index contributed by atoms with van der Waals surface area (Å²) in [4.78, 5) is 26.3. The van der Waals surface area contributed by atoms with Crippen LogP contribution in [0.25, 0.3) is 10.9 Å². The molecule has 2 heterocycles. The van der Waals surface area contributed by atoms with E-state index in [1.165, 1.54) is 23.6 Å². The van der Waals surface area contributed by atoms with Crippen LogP contribution in [0.1, 0.15) is 35.7 Å². The molecule has 1 saturated heterocycles. The number of alkyl halides is 2. The molecule has 8 nitrogen and oxygen atoms in total. The minimum Gasteiger partial charge on any atom is -0.492 e. The van der Waals surface area contributed by atoms with Crippen molar-refractivity contribution in [2.24, 2.45) is 11.7 Å². The summed E-state index contributed by atoms with van der Waals surface area (Å²) in [6, 6.07) is -0.720. The first kappa shape index (κ1) is 21.9. The lowest BCUT2D eigenvalue weighted by molar-refractivity contribution is 0.0694. The van der Waals surface area contributed by atoms with Gasteiger partial charge in [-0.3, -0.25) is 4.79 Å². The number of nitrogens with zero attached hydrogens (tertiary/aromatic N) is 2. The van der Waals surface area contributed by atoms with Gasteiger partial charge in [-0.15, -0.1) is 0 Å². The average Bonchev–Trinajstić information content (AvgIpc) is 3.65. The summed E-state index contributed by atoms with van der Waals surface area (Å²) >= 11 is 0. The monoisotopic (exact) mass is 466 g/mol. The van der Waals surface area contributed by atoms with Crippen molar-refractivity contribution in [2.75, 3.05) is 37.5 Å². The molecule has 2 saturated carbocycles. The number of benzene rings is 1. The molecule has 178 valence electrons. The number of carbonyl (C=O) groups is 1. The molecule has 5 rings (SSSR count). The van der Waals surface area contributed by atoms with Gasteiger partial charge in [-0.05, 0) is 12.8 Å². The van der Waals surface area contributed by atoms with Crippen molar-refractivity contribution < 1.29 is 27.8 Å². The van der Waals surface area contributed by atoms with Gasteiger partial charge in [0.05, 0.1) is 29.7 Å². The van der Waals surface area contributed by atoms with Gasteiger partial charge in [0.1, 0.15) is 23.6 Å². The van der Waals surface area contributed by atoms with Crippen LogP contribution in [0.4, 0.5) is 24.5 Å². The Morgan fingerprint density at radius 3 is 2.48 bits per heavy atom. The van der Waals surface area contributed by atoms with Gasteiger partial charge >= 0.3 is 5.97 Å². The molecule has 33 heavy (non-hydrogen) atoms. The Kier molecular flexibility index (Phi) is 4.82. The number of halogens is 3. The number of aromatic nitrogens is 1. The summed E-state index contributed by atoms with van der Waals surface area (Å²) in [6.45, 7) is 0.0460. The number of carboxylic acid groups (broad SMARTS) is 1. The quantitative estimate of drug-likeness (QED) is 0.600. The molecule has 11 heteroatoms. The van der Waals surface area contributed by atoms with Crippen molar-refractivity contribution in [1.82, 2.24) is 4.57 Å². The van der Waals surface area contributed by atoms with Crippen LogP contribution in [0.2, 0.25) is 0 Å². The number of carboxylic acids is 1. The lowest BCUT2D eigenvalue weighted by Gasteiger charge is -2.27. The number of hydrogen-bond acceptors (Lipinski definition) is 6. The lowest BCUT2D eigenvalue weighted by atomic mass is 9.96. The van der Waals surface area contributed by atoms with Gasteiger partial charge in [-0.1, -0.05) is 0 Å². The van der Waals surface area contributed by atoms with E-state index in [2.05, 4.69) is 5.32 Å². The fourth-order valence-corrected chi connectivity index (χ4v) is 5.10. The lowest BCUT2D eigenvalue weighted by Crippen LogP contribution is -2.38. The second-order valence-corrected chi connectivity index (χ2v) is 9.21. The number of pyridine rings is 1. The third-order valence-electron chi connectivity index (χ3n) is 7.20. The fourth-order valence-electron chi connectivity index (χ4n) is 5.10. The summed E-state index contributed by atoms with van der Waals surface area (Å²) in [5, 5.41) is 11.9. The number of rotatable bonds is 6. The molecule has 1 aliphatic heterocycles. The number of nitrogens with one attached hydrogen (secondary N) is 1. The molecule has 3 aliphatic rings. The van der Waals surface area contributed by atoms with Crippen molar-refractivity contribution in [3.63, 3.8) is 0 Å². The highest BCUT2D eigenvalue weighted by Crippen LogP contribution is 2.51. The molecule has 4 atom stereocenters. The molecule has 0 bridgehead atoms. The zero-order valence-corrected chi connectivity index (χ0v) is 18.2. The fraction of sp³-hybridized carbons (Fsp3) is 0.545. The number of methoxy groups -OCH3 is 1. The largest absolute Gasteiger partial charge is 0.492 e. The van der Waals surface area contributed by atoms with Crippen molar-refractivity contribution in [1.29, 1.82) is 0 Å². The third kappa shape index (κ3) is 3.16. The van der Waals surface area contributed by atoms with E-state index < -0.39 is 52.6 Å². The van der Waals surface area contributed by atoms with Crippen LogP contribution in [0, 0.1) is 11.7 Å². The molecule has 0 spiro atoms. The van der Waals surface area contributed by atoms with Gasteiger partial charge in [0.25, 0.3) is 0 Å².